The van der Waals surface area contributed by atoms with E-state index in [9.17, 15) is 0 Å². The predicted molar refractivity (Wildman–Crippen MR) is 114 cm³/mol. The second kappa shape index (κ2) is 8.95. The van der Waals surface area contributed by atoms with Gasteiger partial charge in [0.25, 0.3) is 0 Å². The molecule has 1 saturated heterocycles. The van der Waals surface area contributed by atoms with Crippen molar-refractivity contribution >= 4 is 29.9 Å². The summed E-state index contributed by atoms with van der Waals surface area (Å²) in [6, 6.07) is 4.50. The van der Waals surface area contributed by atoms with Crippen molar-refractivity contribution in [3.05, 3.63) is 24.2 Å². The van der Waals surface area contributed by atoms with E-state index in [4.69, 9.17) is 14.1 Å². The number of halogens is 1. The quantitative estimate of drug-likeness (QED) is 0.274. The molecule has 2 N–H and O–H groups in total. The molecule has 3 fully saturated rings. The Morgan fingerprint density at radius 3 is 2.96 bits per heavy atom. The summed E-state index contributed by atoms with van der Waals surface area (Å²) < 4.78 is 11.5. The van der Waals surface area contributed by atoms with Gasteiger partial charge in [0.05, 0.1) is 12.4 Å². The summed E-state index contributed by atoms with van der Waals surface area (Å²) in [6.07, 6.45) is 10.6. The normalized spacial score (nSPS) is 28.7. The molecule has 4 rings (SSSR count). The largest absolute Gasteiger partial charge is 0.469 e. The Hall–Kier alpha value is -0.760. The first-order valence-corrected chi connectivity index (χ1v) is 10.0. The van der Waals surface area contributed by atoms with Gasteiger partial charge in [-0.2, -0.15) is 0 Å². The van der Waals surface area contributed by atoms with Gasteiger partial charge in [-0.15, -0.1) is 24.0 Å². The van der Waals surface area contributed by atoms with Crippen molar-refractivity contribution in [2.24, 2.45) is 16.3 Å². The minimum Gasteiger partial charge on any atom is -0.469 e. The number of furan rings is 1. The number of aliphatic imine (C=N–C) groups is 1. The van der Waals surface area contributed by atoms with Crippen LogP contribution < -0.4 is 10.6 Å². The molecule has 1 aliphatic heterocycles. The van der Waals surface area contributed by atoms with Crippen LogP contribution in [0.5, 0.6) is 0 Å². The Labute approximate surface area is 173 Å². The number of fused-ring (bicyclic) bond motifs is 2. The van der Waals surface area contributed by atoms with Crippen LogP contribution in [0.25, 0.3) is 0 Å². The van der Waals surface area contributed by atoms with Crippen molar-refractivity contribution in [3.8, 4) is 0 Å². The van der Waals surface area contributed by atoms with Crippen molar-refractivity contribution in [2.75, 3.05) is 19.7 Å². The van der Waals surface area contributed by atoms with E-state index in [1.807, 2.05) is 12.1 Å². The number of rotatable bonds is 7. The highest BCUT2D eigenvalue weighted by Crippen LogP contribution is 2.62. The summed E-state index contributed by atoms with van der Waals surface area (Å²) in [5, 5.41) is 7.30. The minimum atomic E-state index is 0. The molecule has 0 bridgehead atoms. The molecule has 26 heavy (non-hydrogen) atoms. The highest BCUT2D eigenvalue weighted by molar-refractivity contribution is 14.0. The van der Waals surface area contributed by atoms with Gasteiger partial charge in [-0.25, -0.2) is 0 Å². The van der Waals surface area contributed by atoms with Gasteiger partial charge in [0.2, 0.25) is 0 Å². The summed E-state index contributed by atoms with van der Waals surface area (Å²) in [7, 11) is 0. The third kappa shape index (κ3) is 3.77. The highest BCUT2D eigenvalue weighted by atomic mass is 127. The van der Waals surface area contributed by atoms with Crippen LogP contribution in [-0.4, -0.2) is 37.8 Å². The zero-order chi connectivity index (χ0) is 17.1. The van der Waals surface area contributed by atoms with E-state index in [2.05, 4.69) is 17.6 Å². The number of nitrogens with one attached hydrogen (secondary N) is 2. The molecule has 3 unspecified atom stereocenters. The smallest absolute Gasteiger partial charge is 0.191 e. The lowest BCUT2D eigenvalue weighted by Crippen LogP contribution is -2.72. The van der Waals surface area contributed by atoms with Gasteiger partial charge >= 0.3 is 0 Å². The number of guanidine groups is 1. The molecule has 1 spiro atoms. The van der Waals surface area contributed by atoms with E-state index in [-0.39, 0.29) is 24.0 Å². The van der Waals surface area contributed by atoms with E-state index < -0.39 is 0 Å². The van der Waals surface area contributed by atoms with Gasteiger partial charge < -0.3 is 19.8 Å². The second-order valence-electron chi connectivity index (χ2n) is 7.79. The van der Waals surface area contributed by atoms with Crippen molar-refractivity contribution < 1.29 is 9.15 Å². The Morgan fingerprint density at radius 2 is 2.27 bits per heavy atom. The zero-order valence-electron chi connectivity index (χ0n) is 15.7. The summed E-state index contributed by atoms with van der Waals surface area (Å²) >= 11 is 0. The lowest BCUT2D eigenvalue weighted by Gasteiger charge is -2.63. The maximum Gasteiger partial charge on any atom is 0.191 e. The molecule has 0 amide bonds. The van der Waals surface area contributed by atoms with E-state index in [1.54, 1.807) is 6.26 Å². The standard InChI is InChI=1S/C20H31N3O2.HI/c1-2-3-11-21-19(22-12-7-15-6-4-13-24-15)23-17-16-8-14-25-18(16)20(17)9-5-10-20;/h4,6,13,16-18H,2-3,5,7-12,14H2,1H3,(H2,21,22,23);1H. The molecule has 146 valence electrons. The molecule has 0 aromatic carbocycles. The maximum atomic E-state index is 6.04. The zero-order valence-corrected chi connectivity index (χ0v) is 18.0. The van der Waals surface area contributed by atoms with Crippen molar-refractivity contribution in [1.29, 1.82) is 0 Å². The first kappa shape index (κ1) is 20.0. The average Bonchev–Trinajstić information content (AvgIpc) is 3.21. The van der Waals surface area contributed by atoms with E-state index >= 15 is 0 Å². The third-order valence-electron chi connectivity index (χ3n) is 6.35. The Balaban J connectivity index is 0.00000196. The predicted octanol–water partition coefficient (Wildman–Crippen LogP) is 3.73. The summed E-state index contributed by atoms with van der Waals surface area (Å²) in [6.45, 7) is 4.87. The molecule has 0 radical (unpaired) electrons. The van der Waals surface area contributed by atoms with Gasteiger partial charge in [0.1, 0.15) is 5.76 Å². The van der Waals surface area contributed by atoms with Crippen molar-refractivity contribution in [1.82, 2.24) is 10.6 Å². The van der Waals surface area contributed by atoms with Gasteiger partial charge in [-0.05, 0) is 37.8 Å². The van der Waals surface area contributed by atoms with Crippen LogP contribution >= 0.6 is 24.0 Å². The number of ether oxygens (including phenoxy) is 1. The van der Waals surface area contributed by atoms with Gasteiger partial charge in [-0.3, -0.25) is 4.99 Å². The third-order valence-corrected chi connectivity index (χ3v) is 6.35. The fourth-order valence-corrected chi connectivity index (χ4v) is 4.86. The molecule has 6 heteroatoms. The molecule has 3 aliphatic rings. The molecule has 1 aromatic heterocycles. The Morgan fingerprint density at radius 1 is 1.38 bits per heavy atom. The fraction of sp³-hybridized carbons (Fsp3) is 0.750. The molecule has 2 heterocycles. The SMILES string of the molecule is CCCCN=C(NCCc1ccco1)NC1C2CCOC2C12CCC2.I. The van der Waals surface area contributed by atoms with Crippen LogP contribution in [0.15, 0.2) is 27.8 Å². The van der Waals surface area contributed by atoms with Crippen LogP contribution in [0.4, 0.5) is 0 Å². The number of unbranched alkanes of at least 4 members (excludes halogenated alkanes) is 1. The van der Waals surface area contributed by atoms with Crippen LogP contribution in [-0.2, 0) is 11.2 Å². The molecule has 1 aromatic rings. The van der Waals surface area contributed by atoms with Gasteiger partial charge in [0, 0.05) is 43.5 Å². The van der Waals surface area contributed by atoms with Gasteiger partial charge in [0.15, 0.2) is 5.96 Å². The maximum absolute atomic E-state index is 6.04. The number of hydrogen-bond donors (Lipinski definition) is 2. The average molecular weight is 473 g/mol. The van der Waals surface area contributed by atoms with Crippen LogP contribution in [0, 0.1) is 11.3 Å². The first-order valence-electron chi connectivity index (χ1n) is 10.0. The summed E-state index contributed by atoms with van der Waals surface area (Å²) in [5.41, 5.74) is 0.384. The van der Waals surface area contributed by atoms with Crippen molar-refractivity contribution in [2.45, 2.75) is 64.0 Å². The molecule has 2 aliphatic carbocycles. The topological polar surface area (TPSA) is 58.8 Å². The first-order chi connectivity index (χ1) is 12.3. The Bertz CT molecular complexity index is 586. The number of nitrogens with zero attached hydrogens (tertiary/aromatic N) is 1. The van der Waals surface area contributed by atoms with E-state index in [1.165, 1.54) is 32.1 Å². The molecular formula is C20H32IN3O2. The fourth-order valence-electron chi connectivity index (χ4n) is 4.86. The number of hydrogen-bond acceptors (Lipinski definition) is 3. The Kier molecular flexibility index (Phi) is 6.88. The van der Waals surface area contributed by atoms with Crippen molar-refractivity contribution in [3.63, 3.8) is 0 Å². The molecule has 2 saturated carbocycles. The lowest BCUT2D eigenvalue weighted by atomic mass is 9.46. The lowest BCUT2D eigenvalue weighted by molar-refractivity contribution is -0.171. The van der Waals surface area contributed by atoms with Crippen LogP contribution in [0.3, 0.4) is 0 Å². The van der Waals surface area contributed by atoms with E-state index in [0.717, 1.165) is 44.3 Å². The summed E-state index contributed by atoms with van der Waals surface area (Å²) in [4.78, 5) is 4.82. The second-order valence-corrected chi connectivity index (χ2v) is 7.79. The minimum absolute atomic E-state index is 0. The monoisotopic (exact) mass is 473 g/mol. The van der Waals surface area contributed by atoms with Gasteiger partial charge in [-0.1, -0.05) is 19.8 Å². The molecule has 5 nitrogen and oxygen atoms in total. The summed E-state index contributed by atoms with van der Waals surface area (Å²) in [5.74, 6) is 2.66. The van der Waals surface area contributed by atoms with E-state index in [0.29, 0.717) is 23.5 Å². The molecular weight excluding hydrogens is 441 g/mol. The van der Waals surface area contributed by atoms with Crippen LogP contribution in [0.2, 0.25) is 0 Å². The molecule has 3 atom stereocenters. The highest BCUT2D eigenvalue weighted by Gasteiger charge is 2.66. The van der Waals surface area contributed by atoms with Crippen LogP contribution in [0.1, 0.15) is 51.2 Å².